The Morgan fingerprint density at radius 3 is 2.88 bits per heavy atom. The van der Waals surface area contributed by atoms with E-state index in [2.05, 4.69) is 16.5 Å². The molecule has 0 unspecified atom stereocenters. The second kappa shape index (κ2) is 4.72. The highest BCUT2D eigenvalue weighted by Crippen LogP contribution is 2.50. The summed E-state index contributed by atoms with van der Waals surface area (Å²) in [6.45, 7) is 5.24. The van der Waals surface area contributed by atoms with Gasteiger partial charge in [-0.3, -0.25) is 4.79 Å². The number of hydrogen-bond donors (Lipinski definition) is 1. The van der Waals surface area contributed by atoms with E-state index in [1.807, 2.05) is 13.1 Å². The van der Waals surface area contributed by atoms with Crippen LogP contribution in [0.4, 0.5) is 0 Å². The molecule has 0 amide bonds. The molecular formula is C12H18N2O2S. The molecule has 2 rings (SSSR count). The van der Waals surface area contributed by atoms with Crippen LogP contribution in [0.25, 0.3) is 0 Å². The van der Waals surface area contributed by atoms with Gasteiger partial charge in [-0.1, -0.05) is 18.7 Å². The van der Waals surface area contributed by atoms with Gasteiger partial charge in [0.05, 0.1) is 5.75 Å². The molecule has 17 heavy (non-hydrogen) atoms. The minimum atomic E-state index is -0.793. The summed E-state index contributed by atoms with van der Waals surface area (Å²) >= 11 is 1.31. The van der Waals surface area contributed by atoms with Crippen molar-refractivity contribution in [3.63, 3.8) is 0 Å². The number of carboxylic acid groups (broad SMARTS) is 1. The lowest BCUT2D eigenvalue weighted by Crippen LogP contribution is -2.13. The summed E-state index contributed by atoms with van der Waals surface area (Å²) in [4.78, 5) is 14.9. The largest absolute Gasteiger partial charge is 0.481 e. The predicted octanol–water partition coefficient (Wildman–Crippen LogP) is 2.56. The molecule has 1 aromatic rings. The molecule has 0 bridgehead atoms. The molecule has 1 aromatic heterocycles. The van der Waals surface area contributed by atoms with Crippen LogP contribution in [0, 0.1) is 12.3 Å². The average molecular weight is 254 g/mol. The Kier molecular flexibility index (Phi) is 3.47. The first-order valence-corrected chi connectivity index (χ1v) is 6.91. The Bertz CT molecular complexity index is 424. The zero-order chi connectivity index (χ0) is 12.5. The predicted molar refractivity (Wildman–Crippen MR) is 67.3 cm³/mol. The molecular weight excluding hydrogens is 236 g/mol. The summed E-state index contributed by atoms with van der Waals surface area (Å²) in [5.41, 5.74) is 1.57. The maximum Gasteiger partial charge on any atom is 0.313 e. The smallest absolute Gasteiger partial charge is 0.313 e. The lowest BCUT2D eigenvalue weighted by Gasteiger charge is -2.16. The minimum Gasteiger partial charge on any atom is -0.481 e. The fourth-order valence-corrected chi connectivity index (χ4v) is 2.75. The topological polar surface area (TPSA) is 55.1 Å². The van der Waals surface area contributed by atoms with Crippen LogP contribution in [0.1, 0.15) is 31.9 Å². The van der Waals surface area contributed by atoms with Gasteiger partial charge in [-0.2, -0.15) is 0 Å². The number of carboxylic acids is 1. The first-order valence-electron chi connectivity index (χ1n) is 5.93. The van der Waals surface area contributed by atoms with Crippen LogP contribution in [0.15, 0.2) is 11.4 Å². The van der Waals surface area contributed by atoms with Gasteiger partial charge in [0.2, 0.25) is 0 Å². The van der Waals surface area contributed by atoms with E-state index in [0.717, 1.165) is 17.4 Å². The van der Waals surface area contributed by atoms with Crippen LogP contribution in [-0.4, -0.2) is 26.4 Å². The molecule has 1 aliphatic rings. The molecule has 0 aliphatic heterocycles. The number of hydrogen-bond acceptors (Lipinski definition) is 3. The first-order chi connectivity index (χ1) is 8.06. The second-order valence-electron chi connectivity index (χ2n) is 4.80. The van der Waals surface area contributed by atoms with Crippen molar-refractivity contribution in [2.45, 2.75) is 44.8 Å². The normalized spacial score (nSPS) is 17.1. The van der Waals surface area contributed by atoms with Crippen LogP contribution < -0.4 is 0 Å². The van der Waals surface area contributed by atoms with E-state index in [1.165, 1.54) is 31.0 Å². The van der Waals surface area contributed by atoms with Crippen molar-refractivity contribution in [1.82, 2.24) is 9.55 Å². The molecule has 1 heterocycles. The van der Waals surface area contributed by atoms with E-state index in [9.17, 15) is 4.79 Å². The third-order valence-electron chi connectivity index (χ3n) is 3.54. The van der Waals surface area contributed by atoms with E-state index >= 15 is 0 Å². The highest BCUT2D eigenvalue weighted by atomic mass is 32.2. The second-order valence-corrected chi connectivity index (χ2v) is 5.75. The van der Waals surface area contributed by atoms with E-state index in [0.29, 0.717) is 5.41 Å². The summed E-state index contributed by atoms with van der Waals surface area (Å²) in [6.07, 6.45) is 5.58. The van der Waals surface area contributed by atoms with Gasteiger partial charge in [0.1, 0.15) is 0 Å². The van der Waals surface area contributed by atoms with Gasteiger partial charge in [-0.05, 0) is 31.6 Å². The van der Waals surface area contributed by atoms with E-state index < -0.39 is 5.97 Å². The Balaban J connectivity index is 2.09. The van der Waals surface area contributed by atoms with Crippen molar-refractivity contribution < 1.29 is 9.90 Å². The quantitative estimate of drug-likeness (QED) is 0.793. The van der Waals surface area contributed by atoms with Crippen LogP contribution in [0.5, 0.6) is 0 Å². The summed E-state index contributed by atoms with van der Waals surface area (Å²) in [5, 5.41) is 9.54. The lowest BCUT2D eigenvalue weighted by atomic mass is 10.0. The van der Waals surface area contributed by atoms with Crippen molar-refractivity contribution in [1.29, 1.82) is 0 Å². The standard InChI is InChI=1S/C12H18N2O2S/c1-3-12(4-5-12)8-14-9(2)6-13-11(14)17-7-10(15)16/h6H,3-5,7-8H2,1-2H3,(H,15,16). The molecule has 1 saturated carbocycles. The van der Waals surface area contributed by atoms with Gasteiger partial charge in [0.25, 0.3) is 0 Å². The van der Waals surface area contributed by atoms with Gasteiger partial charge in [0, 0.05) is 18.4 Å². The third-order valence-corrected chi connectivity index (χ3v) is 4.52. The molecule has 94 valence electrons. The number of carbonyl (C=O) groups is 1. The summed E-state index contributed by atoms with van der Waals surface area (Å²) in [5.74, 6) is -0.714. The summed E-state index contributed by atoms with van der Waals surface area (Å²) < 4.78 is 2.17. The van der Waals surface area contributed by atoms with Crippen molar-refractivity contribution >= 4 is 17.7 Å². The molecule has 0 atom stereocenters. The maximum absolute atomic E-state index is 10.6. The average Bonchev–Trinajstić information content (AvgIpc) is 2.99. The van der Waals surface area contributed by atoms with Crippen LogP contribution >= 0.6 is 11.8 Å². The Labute approximate surface area is 105 Å². The molecule has 0 spiro atoms. The molecule has 1 N–H and O–H groups in total. The fraction of sp³-hybridized carbons (Fsp3) is 0.667. The fourth-order valence-electron chi connectivity index (χ4n) is 2.01. The van der Waals surface area contributed by atoms with Gasteiger partial charge in [-0.15, -0.1) is 0 Å². The van der Waals surface area contributed by atoms with E-state index in [4.69, 9.17) is 5.11 Å². The summed E-state index contributed by atoms with van der Waals surface area (Å²) in [6, 6.07) is 0. The monoisotopic (exact) mass is 254 g/mol. The zero-order valence-corrected chi connectivity index (χ0v) is 11.1. The number of imidazole rings is 1. The number of aromatic nitrogens is 2. The van der Waals surface area contributed by atoms with E-state index in [1.54, 1.807) is 0 Å². The Hall–Kier alpha value is -0.970. The zero-order valence-electron chi connectivity index (χ0n) is 10.3. The van der Waals surface area contributed by atoms with E-state index in [-0.39, 0.29) is 5.75 Å². The van der Waals surface area contributed by atoms with Gasteiger partial charge < -0.3 is 9.67 Å². The number of thioether (sulfide) groups is 1. The van der Waals surface area contributed by atoms with Crippen LogP contribution in [0.3, 0.4) is 0 Å². The van der Waals surface area contributed by atoms with Crippen molar-refractivity contribution in [3.8, 4) is 0 Å². The first kappa shape index (κ1) is 12.5. The number of aryl methyl sites for hydroxylation is 1. The molecule has 1 aliphatic carbocycles. The summed E-state index contributed by atoms with van der Waals surface area (Å²) in [7, 11) is 0. The molecule has 5 heteroatoms. The molecule has 0 radical (unpaired) electrons. The molecule has 1 fully saturated rings. The highest BCUT2D eigenvalue weighted by molar-refractivity contribution is 7.99. The van der Waals surface area contributed by atoms with Gasteiger partial charge >= 0.3 is 5.97 Å². The van der Waals surface area contributed by atoms with Crippen LogP contribution in [-0.2, 0) is 11.3 Å². The van der Waals surface area contributed by atoms with Crippen molar-refractivity contribution in [2.24, 2.45) is 5.41 Å². The van der Waals surface area contributed by atoms with Gasteiger partial charge in [-0.25, -0.2) is 4.98 Å². The Morgan fingerprint density at radius 1 is 1.65 bits per heavy atom. The Morgan fingerprint density at radius 2 is 2.35 bits per heavy atom. The SMILES string of the molecule is CCC1(Cn2c(C)cnc2SCC(=O)O)CC1. The van der Waals surface area contributed by atoms with Gasteiger partial charge in [0.15, 0.2) is 5.16 Å². The number of nitrogens with zero attached hydrogens (tertiary/aromatic N) is 2. The molecule has 4 nitrogen and oxygen atoms in total. The minimum absolute atomic E-state index is 0.0789. The number of aliphatic carboxylic acids is 1. The lowest BCUT2D eigenvalue weighted by molar-refractivity contribution is -0.133. The third kappa shape index (κ3) is 2.83. The highest BCUT2D eigenvalue weighted by Gasteiger charge is 2.41. The molecule has 0 saturated heterocycles. The van der Waals surface area contributed by atoms with Crippen molar-refractivity contribution in [2.75, 3.05) is 5.75 Å². The molecule has 0 aromatic carbocycles. The number of rotatable bonds is 6. The van der Waals surface area contributed by atoms with Crippen molar-refractivity contribution in [3.05, 3.63) is 11.9 Å². The van der Waals surface area contributed by atoms with Crippen LogP contribution in [0.2, 0.25) is 0 Å². The maximum atomic E-state index is 10.6.